The molecule has 0 fully saturated rings. The Kier molecular flexibility index (Phi) is 9.51. The van der Waals surface area contributed by atoms with E-state index in [9.17, 15) is 19.7 Å². The molecule has 14 heteroatoms. The Labute approximate surface area is 327 Å². The number of non-ortho nitro benzene ring substituents is 1. The van der Waals surface area contributed by atoms with Crippen molar-refractivity contribution in [3.63, 3.8) is 0 Å². The number of aromatic nitrogens is 4. The van der Waals surface area contributed by atoms with Gasteiger partial charge in [0.2, 0.25) is 0 Å². The van der Waals surface area contributed by atoms with Gasteiger partial charge in [-0.15, -0.1) is 0 Å². The average molecular weight is 760 g/mol. The molecule has 0 aliphatic heterocycles. The Hall–Kier alpha value is -7.61. The largest absolute Gasteiger partial charge is 0.448 e. The highest BCUT2D eigenvalue weighted by molar-refractivity contribution is 6.00. The summed E-state index contributed by atoms with van der Waals surface area (Å²) in [5.74, 6) is 0.753. The molecule has 1 aliphatic rings. The van der Waals surface area contributed by atoms with Gasteiger partial charge in [0.15, 0.2) is 0 Å². The van der Waals surface area contributed by atoms with Crippen molar-refractivity contribution in [2.24, 2.45) is 0 Å². The highest BCUT2D eigenvalue weighted by Gasteiger charge is 2.29. The molecule has 8 rings (SSSR count). The summed E-state index contributed by atoms with van der Waals surface area (Å²) < 4.78 is 7.38. The molecule has 2 aromatic heterocycles. The lowest BCUT2D eigenvalue weighted by Crippen LogP contribution is -2.21. The number of carbonyl (C=O) groups is 2. The fraction of sp³-hybridized carbons (Fsp3) is 0.140. The van der Waals surface area contributed by atoms with Crippen molar-refractivity contribution < 1.29 is 19.2 Å². The van der Waals surface area contributed by atoms with Crippen molar-refractivity contribution in [1.29, 1.82) is 0 Å². The van der Waals surface area contributed by atoms with Crippen LogP contribution in [0.1, 0.15) is 43.5 Å². The molecule has 57 heavy (non-hydrogen) atoms. The van der Waals surface area contributed by atoms with Crippen LogP contribution in [0.3, 0.4) is 0 Å². The maximum Gasteiger partial charge on any atom is 0.411 e. The number of nitrogens with one attached hydrogen (secondary N) is 4. The number of urea groups is 1. The van der Waals surface area contributed by atoms with Gasteiger partial charge in [-0.3, -0.25) is 20.7 Å². The van der Waals surface area contributed by atoms with Gasteiger partial charge in [-0.05, 0) is 70.8 Å². The molecule has 0 radical (unpaired) electrons. The number of nitro benzene ring substituents is 1. The first kappa shape index (κ1) is 36.4. The molecular formula is C43H37N9O5. The van der Waals surface area contributed by atoms with E-state index in [1.807, 2.05) is 57.2 Å². The molecule has 284 valence electrons. The summed E-state index contributed by atoms with van der Waals surface area (Å²) in [7, 11) is 0. The van der Waals surface area contributed by atoms with Gasteiger partial charge in [-0.2, -0.15) is 5.10 Å². The van der Waals surface area contributed by atoms with Gasteiger partial charge < -0.3 is 15.4 Å². The summed E-state index contributed by atoms with van der Waals surface area (Å²) in [4.78, 5) is 45.8. The molecule has 7 aromatic rings. The van der Waals surface area contributed by atoms with Crippen molar-refractivity contribution >= 4 is 57.4 Å². The number of rotatable bonds is 9. The molecule has 4 N–H and O–H groups in total. The standard InChI is InChI=1S/C43H37N9O5/c1-43(2,3)38-23-39(49-41(53)47-27-17-15-26(16-18-27)46-40-35-22-30(52(55)56)19-20-37(35)44-25-45-40)51(50-38)29-10-8-9-28(21-29)48-42(54)57-24-36-33-13-6-4-11-31(33)32-12-5-7-14-34(32)36/h4-23,25,36H,24H2,1-3H3,(H,48,54)(H,44,45,46)(H2,47,49,53). The number of ether oxygens (including phenoxy) is 1. The molecule has 2 heterocycles. The van der Waals surface area contributed by atoms with E-state index in [0.717, 1.165) is 27.9 Å². The summed E-state index contributed by atoms with van der Waals surface area (Å²) in [5.41, 5.74) is 7.71. The molecule has 14 nitrogen and oxygen atoms in total. The Bertz CT molecular complexity index is 2620. The Balaban J connectivity index is 0.941. The molecule has 0 atom stereocenters. The predicted octanol–water partition coefficient (Wildman–Crippen LogP) is 9.77. The van der Waals surface area contributed by atoms with E-state index in [2.05, 4.69) is 55.5 Å². The third kappa shape index (κ3) is 7.69. The van der Waals surface area contributed by atoms with E-state index >= 15 is 0 Å². The zero-order valence-corrected chi connectivity index (χ0v) is 31.2. The third-order valence-corrected chi connectivity index (χ3v) is 9.64. The smallest absolute Gasteiger partial charge is 0.411 e. The fourth-order valence-corrected chi connectivity index (χ4v) is 6.81. The quantitative estimate of drug-likeness (QED) is 0.0824. The number of nitro groups is 1. The van der Waals surface area contributed by atoms with E-state index in [1.165, 1.54) is 18.5 Å². The summed E-state index contributed by atoms with van der Waals surface area (Å²) >= 11 is 0. The zero-order chi connectivity index (χ0) is 39.7. The van der Waals surface area contributed by atoms with Crippen LogP contribution in [0.4, 0.5) is 44.0 Å². The van der Waals surface area contributed by atoms with Crippen LogP contribution in [-0.2, 0) is 10.2 Å². The molecule has 0 saturated carbocycles. The van der Waals surface area contributed by atoms with Crippen molar-refractivity contribution in [2.75, 3.05) is 27.9 Å². The number of carbonyl (C=O) groups excluding carboxylic acids is 2. The van der Waals surface area contributed by atoms with E-state index in [1.54, 1.807) is 53.2 Å². The van der Waals surface area contributed by atoms with Crippen LogP contribution in [0.25, 0.3) is 27.7 Å². The normalized spacial score (nSPS) is 12.1. The van der Waals surface area contributed by atoms with Gasteiger partial charge >= 0.3 is 12.1 Å². The fourth-order valence-electron chi connectivity index (χ4n) is 6.81. The third-order valence-electron chi connectivity index (χ3n) is 9.64. The second-order valence-electron chi connectivity index (χ2n) is 14.5. The van der Waals surface area contributed by atoms with E-state index in [4.69, 9.17) is 9.84 Å². The minimum atomic E-state index is -0.585. The predicted molar refractivity (Wildman–Crippen MR) is 220 cm³/mol. The molecule has 0 saturated heterocycles. The van der Waals surface area contributed by atoms with Gasteiger partial charge in [0.05, 0.1) is 21.8 Å². The number of hydrogen-bond donors (Lipinski definition) is 4. The number of anilines is 5. The van der Waals surface area contributed by atoms with Crippen LogP contribution < -0.4 is 21.3 Å². The van der Waals surface area contributed by atoms with E-state index in [0.29, 0.717) is 45.3 Å². The first-order chi connectivity index (χ1) is 27.5. The van der Waals surface area contributed by atoms with Crippen LogP contribution >= 0.6 is 0 Å². The van der Waals surface area contributed by atoms with Gasteiger partial charge in [-0.25, -0.2) is 24.2 Å². The van der Waals surface area contributed by atoms with Crippen molar-refractivity contribution in [3.05, 3.63) is 155 Å². The number of amides is 3. The lowest BCUT2D eigenvalue weighted by Gasteiger charge is -2.15. The lowest BCUT2D eigenvalue weighted by molar-refractivity contribution is -0.384. The summed E-state index contributed by atoms with van der Waals surface area (Å²) in [6, 6.07) is 36.1. The minimum Gasteiger partial charge on any atom is -0.448 e. The monoisotopic (exact) mass is 759 g/mol. The summed E-state index contributed by atoms with van der Waals surface area (Å²) in [6.45, 7) is 6.27. The van der Waals surface area contributed by atoms with Crippen molar-refractivity contribution in [3.8, 4) is 16.8 Å². The molecule has 3 amide bonds. The Morgan fingerprint density at radius 3 is 2.18 bits per heavy atom. The second-order valence-corrected chi connectivity index (χ2v) is 14.5. The topological polar surface area (TPSA) is 178 Å². The Morgan fingerprint density at radius 1 is 0.772 bits per heavy atom. The minimum absolute atomic E-state index is 0.0676. The van der Waals surface area contributed by atoms with Crippen LogP contribution in [0, 0.1) is 10.1 Å². The molecule has 5 aromatic carbocycles. The maximum absolute atomic E-state index is 13.4. The molecule has 0 bridgehead atoms. The van der Waals surface area contributed by atoms with E-state index < -0.39 is 17.0 Å². The first-order valence-electron chi connectivity index (χ1n) is 18.2. The van der Waals surface area contributed by atoms with Gasteiger partial charge in [0.25, 0.3) is 5.69 Å². The number of fused-ring (bicyclic) bond motifs is 4. The number of benzene rings is 5. The van der Waals surface area contributed by atoms with Gasteiger partial charge in [-0.1, -0.05) is 75.4 Å². The second kappa shape index (κ2) is 14.9. The van der Waals surface area contributed by atoms with Crippen molar-refractivity contribution in [2.45, 2.75) is 32.1 Å². The molecule has 0 spiro atoms. The highest BCUT2D eigenvalue weighted by Crippen LogP contribution is 2.44. The molecular weight excluding hydrogens is 723 g/mol. The lowest BCUT2D eigenvalue weighted by atomic mass is 9.92. The summed E-state index contributed by atoms with van der Waals surface area (Å²) in [6.07, 6.45) is 0.794. The molecule has 0 unspecified atom stereocenters. The molecule has 1 aliphatic carbocycles. The van der Waals surface area contributed by atoms with Crippen molar-refractivity contribution in [1.82, 2.24) is 19.7 Å². The average Bonchev–Trinajstić information content (AvgIpc) is 3.77. The van der Waals surface area contributed by atoms with Crippen LogP contribution in [-0.4, -0.2) is 43.4 Å². The van der Waals surface area contributed by atoms with E-state index in [-0.39, 0.29) is 23.6 Å². The number of hydrogen-bond acceptors (Lipinski definition) is 9. The van der Waals surface area contributed by atoms with Crippen LogP contribution in [0.2, 0.25) is 0 Å². The number of nitrogens with zero attached hydrogens (tertiary/aromatic N) is 5. The zero-order valence-electron chi connectivity index (χ0n) is 31.2. The SMILES string of the molecule is CC(C)(C)c1cc(NC(=O)Nc2ccc(Nc3ncnc4ccc([N+](=O)[O-])cc34)cc2)n(-c2cccc(NC(=O)OCC3c4ccccc4-c4ccccc43)c2)n1. The summed E-state index contributed by atoms with van der Waals surface area (Å²) in [5, 5.41) is 28.4. The van der Waals surface area contributed by atoms with Gasteiger partial charge in [0, 0.05) is 52.0 Å². The Morgan fingerprint density at radius 2 is 1.47 bits per heavy atom. The highest BCUT2D eigenvalue weighted by atomic mass is 16.6. The van der Waals surface area contributed by atoms with Crippen LogP contribution in [0.5, 0.6) is 0 Å². The van der Waals surface area contributed by atoms with Gasteiger partial charge in [0.1, 0.15) is 24.6 Å². The first-order valence-corrected chi connectivity index (χ1v) is 18.2. The van der Waals surface area contributed by atoms with Crippen LogP contribution in [0.15, 0.2) is 128 Å². The maximum atomic E-state index is 13.4.